The summed E-state index contributed by atoms with van der Waals surface area (Å²) in [5, 5.41) is 6.20. The summed E-state index contributed by atoms with van der Waals surface area (Å²) in [5.41, 5.74) is 12.2. The van der Waals surface area contributed by atoms with Gasteiger partial charge in [0.15, 0.2) is 5.65 Å². The lowest BCUT2D eigenvalue weighted by Gasteiger charge is -2.21. The third-order valence-electron chi connectivity index (χ3n) is 9.46. The molecule has 0 saturated heterocycles. The van der Waals surface area contributed by atoms with Gasteiger partial charge in [-0.15, -0.1) is 11.3 Å². The van der Waals surface area contributed by atoms with Crippen LogP contribution < -0.4 is 0 Å². The van der Waals surface area contributed by atoms with Gasteiger partial charge in [0, 0.05) is 41.9 Å². The van der Waals surface area contributed by atoms with Gasteiger partial charge in [-0.25, -0.2) is 9.97 Å². The maximum atomic E-state index is 6.14. The summed E-state index contributed by atoms with van der Waals surface area (Å²) >= 11 is 1.88. The molecule has 0 radical (unpaired) electrons. The second kappa shape index (κ2) is 7.77. The number of aromatic nitrogens is 3. The standard InChI is InChI=1S/C38H21N3OS/c1-5-11-30-22(7-1)24-17-21(14-16-31(24)42-30)20-13-15-29-25(18-20)35-34-23-8-2-6-12-32(23)43-33(34)19-26-36-38(41(29)37(26)35)40-28-10-4-3-9-27(28)39-36/h1-14,16-19,29H,15H2. The van der Waals surface area contributed by atoms with Crippen molar-refractivity contribution in [2.45, 2.75) is 12.5 Å². The Hall–Kier alpha value is -5.26. The van der Waals surface area contributed by atoms with Crippen LogP contribution in [0.2, 0.25) is 0 Å². The Morgan fingerprint density at radius 1 is 0.721 bits per heavy atom. The van der Waals surface area contributed by atoms with Gasteiger partial charge in [-0.3, -0.25) is 0 Å². The van der Waals surface area contributed by atoms with E-state index in [2.05, 4.69) is 89.5 Å². The van der Waals surface area contributed by atoms with Gasteiger partial charge in [-0.2, -0.15) is 0 Å². The van der Waals surface area contributed by atoms with Gasteiger partial charge < -0.3 is 8.98 Å². The number of para-hydroxylation sites is 3. The van der Waals surface area contributed by atoms with Crippen molar-refractivity contribution in [2.75, 3.05) is 0 Å². The van der Waals surface area contributed by atoms with E-state index < -0.39 is 0 Å². The number of rotatable bonds is 1. The van der Waals surface area contributed by atoms with Crippen LogP contribution in [0, 0.1) is 0 Å². The third-order valence-corrected chi connectivity index (χ3v) is 10.6. The molecule has 43 heavy (non-hydrogen) atoms. The van der Waals surface area contributed by atoms with E-state index in [1.165, 1.54) is 53.3 Å². The Labute approximate surface area is 248 Å². The van der Waals surface area contributed by atoms with Gasteiger partial charge >= 0.3 is 0 Å². The Balaban J connectivity index is 1.22. The summed E-state index contributed by atoms with van der Waals surface area (Å²) in [7, 11) is 0. The topological polar surface area (TPSA) is 43.9 Å². The summed E-state index contributed by atoms with van der Waals surface area (Å²) in [4.78, 5) is 10.4. The molecule has 9 aromatic rings. The largest absolute Gasteiger partial charge is 0.456 e. The molecular formula is C38H21N3OS. The highest BCUT2D eigenvalue weighted by Gasteiger charge is 2.36. The minimum absolute atomic E-state index is 0.178. The number of hydrogen-bond acceptors (Lipinski definition) is 4. The molecule has 4 aromatic heterocycles. The second-order valence-corrected chi connectivity index (χ2v) is 12.8. The van der Waals surface area contributed by atoms with E-state index in [0.717, 1.165) is 50.6 Å². The van der Waals surface area contributed by atoms with Gasteiger partial charge in [0.2, 0.25) is 0 Å². The number of benzene rings is 5. The average Bonchev–Trinajstić information content (AvgIpc) is 3.79. The molecule has 1 unspecified atom stereocenters. The molecule has 0 N–H and O–H groups in total. The van der Waals surface area contributed by atoms with Crippen molar-refractivity contribution in [2.24, 2.45) is 0 Å². The number of nitrogens with zero attached hydrogens (tertiary/aromatic N) is 3. The Bertz CT molecular complexity index is 2770. The summed E-state index contributed by atoms with van der Waals surface area (Å²) in [6.45, 7) is 0. The molecule has 1 atom stereocenters. The van der Waals surface area contributed by atoms with Gasteiger partial charge in [0.1, 0.15) is 16.7 Å². The normalized spacial score (nSPS) is 16.3. The van der Waals surface area contributed by atoms with Crippen molar-refractivity contribution in [1.82, 2.24) is 14.5 Å². The zero-order valence-electron chi connectivity index (χ0n) is 22.8. The first-order valence-corrected chi connectivity index (χ1v) is 15.5. The monoisotopic (exact) mass is 567 g/mol. The number of furan rings is 1. The predicted octanol–water partition coefficient (Wildman–Crippen LogP) is 10.4. The van der Waals surface area contributed by atoms with Gasteiger partial charge in [0.25, 0.3) is 0 Å². The molecule has 5 aromatic carbocycles. The summed E-state index contributed by atoms with van der Waals surface area (Å²) < 4.78 is 11.2. The van der Waals surface area contributed by atoms with Crippen molar-refractivity contribution in [1.29, 1.82) is 0 Å². The van der Waals surface area contributed by atoms with Gasteiger partial charge in [-0.1, -0.05) is 60.7 Å². The molecule has 0 bridgehead atoms. The molecule has 0 spiro atoms. The van der Waals surface area contributed by atoms with E-state index in [4.69, 9.17) is 14.4 Å². The third kappa shape index (κ3) is 2.80. The van der Waals surface area contributed by atoms with Gasteiger partial charge in [0.05, 0.1) is 22.6 Å². The molecule has 0 amide bonds. The highest BCUT2D eigenvalue weighted by molar-refractivity contribution is 7.26. The maximum absolute atomic E-state index is 6.14. The molecule has 2 aliphatic rings. The molecule has 11 rings (SSSR count). The minimum atomic E-state index is 0.178. The zero-order valence-corrected chi connectivity index (χ0v) is 23.7. The van der Waals surface area contributed by atoms with Crippen LogP contribution in [-0.2, 0) is 0 Å². The van der Waals surface area contributed by atoms with Crippen molar-refractivity contribution < 1.29 is 4.42 Å². The lowest BCUT2D eigenvalue weighted by Crippen LogP contribution is -2.08. The number of fused-ring (bicyclic) bond motifs is 14. The van der Waals surface area contributed by atoms with Crippen molar-refractivity contribution in [3.8, 4) is 0 Å². The fraction of sp³-hybridized carbons (Fsp3) is 0.0526. The lowest BCUT2D eigenvalue weighted by molar-refractivity contribution is 0.669. The molecule has 0 saturated carbocycles. The van der Waals surface area contributed by atoms with Crippen molar-refractivity contribution >= 4 is 97.7 Å². The molecule has 5 heterocycles. The Morgan fingerprint density at radius 3 is 2.44 bits per heavy atom. The number of thiophene rings is 1. The fourth-order valence-electron chi connectivity index (χ4n) is 7.62. The van der Waals surface area contributed by atoms with E-state index in [-0.39, 0.29) is 6.04 Å². The smallest absolute Gasteiger partial charge is 0.161 e. The van der Waals surface area contributed by atoms with Crippen LogP contribution in [0.1, 0.15) is 23.6 Å². The number of hydrogen-bond donors (Lipinski definition) is 0. The van der Waals surface area contributed by atoms with E-state index in [1.807, 2.05) is 35.6 Å². The van der Waals surface area contributed by atoms with Crippen LogP contribution in [0.3, 0.4) is 0 Å². The van der Waals surface area contributed by atoms with Crippen molar-refractivity contribution in [3.63, 3.8) is 0 Å². The van der Waals surface area contributed by atoms with Crippen LogP contribution >= 0.6 is 11.3 Å². The maximum Gasteiger partial charge on any atom is 0.161 e. The fourth-order valence-corrected chi connectivity index (χ4v) is 8.77. The lowest BCUT2D eigenvalue weighted by atomic mass is 9.87. The van der Waals surface area contributed by atoms with E-state index >= 15 is 0 Å². The molecule has 1 aliphatic carbocycles. The van der Waals surface area contributed by atoms with Crippen LogP contribution in [-0.4, -0.2) is 14.5 Å². The molecule has 1 aliphatic heterocycles. The number of allylic oxidation sites excluding steroid dienone is 4. The van der Waals surface area contributed by atoms with Crippen LogP contribution in [0.25, 0.3) is 86.4 Å². The van der Waals surface area contributed by atoms with E-state index in [1.54, 1.807) is 0 Å². The van der Waals surface area contributed by atoms with Gasteiger partial charge in [-0.05, 0) is 71.7 Å². The molecule has 4 nitrogen and oxygen atoms in total. The first-order chi connectivity index (χ1) is 21.3. The van der Waals surface area contributed by atoms with Crippen LogP contribution in [0.15, 0.2) is 114 Å². The molecule has 200 valence electrons. The van der Waals surface area contributed by atoms with Crippen LogP contribution in [0.5, 0.6) is 0 Å². The molecule has 0 fully saturated rings. The summed E-state index contributed by atoms with van der Waals surface area (Å²) in [5.74, 6) is 0. The quantitative estimate of drug-likeness (QED) is 0.198. The van der Waals surface area contributed by atoms with E-state index in [0.29, 0.717) is 0 Å². The molecular weight excluding hydrogens is 547 g/mol. The summed E-state index contributed by atoms with van der Waals surface area (Å²) in [6, 6.07) is 34.5. The van der Waals surface area contributed by atoms with E-state index in [9.17, 15) is 0 Å². The Morgan fingerprint density at radius 2 is 1.51 bits per heavy atom. The van der Waals surface area contributed by atoms with Crippen LogP contribution in [0.4, 0.5) is 0 Å². The zero-order chi connectivity index (χ0) is 27.8. The highest BCUT2D eigenvalue weighted by atomic mass is 32.1. The summed E-state index contributed by atoms with van der Waals surface area (Å²) in [6.07, 6.45) is 5.74. The SMILES string of the molecule is C1=C(c2ccc3oc4ccccc4c3c2)C=C2c3c4c(cc5c6nc7ccccc7nc6n(c35)C2C1)sc1ccccc14. The molecule has 5 heteroatoms. The highest BCUT2D eigenvalue weighted by Crippen LogP contribution is 2.55. The van der Waals surface area contributed by atoms with Crippen molar-refractivity contribution in [3.05, 3.63) is 120 Å². The Kier molecular flexibility index (Phi) is 4.04. The first-order valence-electron chi connectivity index (χ1n) is 14.7. The predicted molar refractivity (Wildman–Crippen MR) is 179 cm³/mol. The minimum Gasteiger partial charge on any atom is -0.456 e. The second-order valence-electron chi connectivity index (χ2n) is 11.7. The average molecular weight is 568 g/mol. The first kappa shape index (κ1) is 22.4.